The molecule has 0 aromatic rings. The SMILES string of the molecule is O=C[C@H](OP(=O)(O)C1OC(=O)[C@H](O)[C@@H](O)[C@H](O)[C@@H]1O)[C@@H](O)[C@H](O)[C@H](O)COP(=O)(O)O. The third-order valence-electron chi connectivity index (χ3n) is 4.02. The van der Waals surface area contributed by atoms with Crippen molar-refractivity contribution in [2.24, 2.45) is 0 Å². The Bertz CT molecular complexity index is 724. The van der Waals surface area contributed by atoms with E-state index >= 15 is 0 Å². The fraction of sp³-hybridized carbons (Fsp3) is 0.833. The molecule has 10 N–H and O–H groups in total. The lowest BCUT2D eigenvalue weighted by Gasteiger charge is -2.31. The summed E-state index contributed by atoms with van der Waals surface area (Å²) >= 11 is 0. The van der Waals surface area contributed by atoms with Crippen molar-refractivity contribution in [3.63, 3.8) is 0 Å². The van der Waals surface area contributed by atoms with E-state index in [1.807, 2.05) is 0 Å². The molecule has 1 saturated heterocycles. The molecule has 1 aliphatic heterocycles. The van der Waals surface area contributed by atoms with Gasteiger partial charge in [0.25, 0.3) is 0 Å². The third-order valence-corrected chi connectivity index (χ3v) is 6.10. The summed E-state index contributed by atoms with van der Waals surface area (Å²) in [5.74, 6) is -4.42. The van der Waals surface area contributed by atoms with Crippen LogP contribution in [0.4, 0.5) is 0 Å². The highest BCUT2D eigenvalue weighted by molar-refractivity contribution is 7.53. The first kappa shape index (κ1) is 28.2. The predicted molar refractivity (Wildman–Crippen MR) is 90.7 cm³/mol. The smallest absolute Gasteiger partial charge is 0.444 e. The summed E-state index contributed by atoms with van der Waals surface area (Å²) in [7, 11) is -10.6. The Labute approximate surface area is 172 Å². The summed E-state index contributed by atoms with van der Waals surface area (Å²) in [6.45, 7) is -1.24. The van der Waals surface area contributed by atoms with Crippen LogP contribution in [0.1, 0.15) is 0 Å². The van der Waals surface area contributed by atoms with E-state index in [0.717, 1.165) is 0 Å². The fourth-order valence-electron chi connectivity index (χ4n) is 2.31. The van der Waals surface area contributed by atoms with Gasteiger partial charge in [-0.15, -0.1) is 0 Å². The lowest BCUT2D eigenvalue weighted by atomic mass is 10.0. The molecule has 0 aliphatic carbocycles. The largest absolute Gasteiger partial charge is 0.469 e. The summed E-state index contributed by atoms with van der Waals surface area (Å²) < 4.78 is 35.7. The zero-order valence-corrected chi connectivity index (χ0v) is 17.0. The molecule has 19 heteroatoms. The maximum Gasteiger partial charge on any atom is 0.469 e. The van der Waals surface area contributed by atoms with Crippen molar-refractivity contribution in [2.75, 3.05) is 6.61 Å². The minimum absolute atomic E-state index is 0.349. The van der Waals surface area contributed by atoms with E-state index in [1.54, 1.807) is 0 Å². The molecule has 0 aromatic carbocycles. The molecule has 2 unspecified atom stereocenters. The van der Waals surface area contributed by atoms with Gasteiger partial charge in [-0.3, -0.25) is 13.6 Å². The zero-order valence-electron chi connectivity index (χ0n) is 15.2. The van der Waals surface area contributed by atoms with E-state index in [-0.39, 0.29) is 6.29 Å². The van der Waals surface area contributed by atoms with Crippen LogP contribution in [0.5, 0.6) is 0 Å². The standard InChI is InChI=1S/C12H22O17P2/c13-1-4(6(16)5(15)3(14)2-27-31(24,25)26)29-30(22,23)12-10(20)8(18)7(17)9(19)11(21)28-12/h1,3-10,12,14-20H,2H2,(H,22,23)(H2,24,25,26)/t3-,4+,5-,6-,7+,8+,9-,10+,12?/m1/s1. The van der Waals surface area contributed by atoms with Gasteiger partial charge in [0.2, 0.25) is 5.85 Å². The van der Waals surface area contributed by atoms with Gasteiger partial charge in [-0.25, -0.2) is 9.36 Å². The number of aliphatic hydroxyl groups excluding tert-OH is 7. The van der Waals surface area contributed by atoms with Crippen LogP contribution in [0.15, 0.2) is 0 Å². The first-order valence-corrected chi connectivity index (χ1v) is 11.3. The monoisotopic (exact) mass is 500 g/mol. The Morgan fingerprint density at radius 3 is 2.00 bits per heavy atom. The number of phosphoric acid groups is 1. The molecule has 31 heavy (non-hydrogen) atoms. The number of aliphatic hydroxyl groups is 7. The second kappa shape index (κ2) is 10.8. The second-order valence-corrected chi connectivity index (χ2v) is 9.44. The molecule has 10 atom stereocenters. The number of hydrogen-bond donors (Lipinski definition) is 10. The first-order valence-electron chi connectivity index (χ1n) is 8.16. The van der Waals surface area contributed by atoms with Crippen molar-refractivity contribution in [3.8, 4) is 0 Å². The molecule has 182 valence electrons. The minimum Gasteiger partial charge on any atom is -0.444 e. The molecule has 1 rings (SSSR count). The summed E-state index contributed by atoms with van der Waals surface area (Å²) in [5, 5.41) is 67.7. The number of esters is 1. The Kier molecular flexibility index (Phi) is 9.83. The highest BCUT2D eigenvalue weighted by Crippen LogP contribution is 2.52. The van der Waals surface area contributed by atoms with Crippen molar-refractivity contribution in [2.45, 2.75) is 54.7 Å². The van der Waals surface area contributed by atoms with Gasteiger partial charge in [0.05, 0.1) is 6.61 Å². The van der Waals surface area contributed by atoms with E-state index in [9.17, 15) is 59.4 Å². The number of ether oxygens (including phenoxy) is 1. The van der Waals surface area contributed by atoms with Gasteiger partial charge in [0.15, 0.2) is 18.5 Å². The third kappa shape index (κ3) is 7.31. The maximum atomic E-state index is 12.4. The van der Waals surface area contributed by atoms with Crippen molar-refractivity contribution in [3.05, 3.63) is 0 Å². The lowest BCUT2D eigenvalue weighted by Crippen LogP contribution is -2.48. The number of cyclic esters (lactones) is 1. The quantitative estimate of drug-likeness (QED) is 0.0759. The Hall–Kier alpha value is -0.880. The predicted octanol–water partition coefficient (Wildman–Crippen LogP) is -5.73. The molecule has 0 saturated carbocycles. The summed E-state index contributed by atoms with van der Waals surface area (Å²) in [6, 6.07) is 0. The Morgan fingerprint density at radius 1 is 0.968 bits per heavy atom. The molecule has 0 radical (unpaired) electrons. The van der Waals surface area contributed by atoms with E-state index in [2.05, 4.69) is 13.8 Å². The van der Waals surface area contributed by atoms with Gasteiger partial charge in [0, 0.05) is 0 Å². The molecule has 0 aromatic heterocycles. The number of carbonyl (C=O) groups is 2. The van der Waals surface area contributed by atoms with E-state index < -0.39 is 82.7 Å². The average molecular weight is 500 g/mol. The van der Waals surface area contributed by atoms with Gasteiger partial charge in [-0.2, -0.15) is 0 Å². The highest BCUT2D eigenvalue weighted by Gasteiger charge is 2.53. The molecule has 1 fully saturated rings. The van der Waals surface area contributed by atoms with Crippen LogP contribution < -0.4 is 0 Å². The molecule has 0 bridgehead atoms. The molecule has 0 amide bonds. The highest BCUT2D eigenvalue weighted by atomic mass is 31.2. The normalized spacial score (nSPS) is 33.4. The Morgan fingerprint density at radius 2 is 1.52 bits per heavy atom. The molecule has 0 spiro atoms. The summed E-state index contributed by atoms with van der Waals surface area (Å²) in [4.78, 5) is 49.8. The first-order chi connectivity index (χ1) is 14.0. The topological polar surface area (TPSA) is 298 Å². The number of phosphoric ester groups is 1. The maximum absolute atomic E-state index is 12.4. The fourth-order valence-corrected chi connectivity index (χ4v) is 4.10. The van der Waals surface area contributed by atoms with Crippen molar-refractivity contribution in [1.29, 1.82) is 0 Å². The van der Waals surface area contributed by atoms with Crippen LogP contribution in [0.3, 0.4) is 0 Å². The molecule has 1 aliphatic rings. The number of aldehydes is 1. The summed E-state index contributed by atoms with van der Waals surface area (Å²) in [5.41, 5.74) is 0. The second-order valence-electron chi connectivity index (χ2n) is 6.35. The molecular weight excluding hydrogens is 478 g/mol. The van der Waals surface area contributed by atoms with Crippen molar-refractivity contribution >= 4 is 27.7 Å². The van der Waals surface area contributed by atoms with Gasteiger partial charge in [-0.05, 0) is 0 Å². The van der Waals surface area contributed by atoms with E-state index in [4.69, 9.17) is 9.79 Å². The number of carbonyl (C=O) groups excluding carboxylic acids is 2. The van der Waals surface area contributed by atoms with Crippen LogP contribution in [0.25, 0.3) is 0 Å². The number of rotatable bonds is 10. The Balaban J connectivity index is 2.99. The number of hydrogen-bond acceptors (Lipinski definition) is 14. The van der Waals surface area contributed by atoms with Crippen molar-refractivity contribution in [1.82, 2.24) is 0 Å². The average Bonchev–Trinajstić information content (AvgIpc) is 2.75. The molecule has 17 nitrogen and oxygen atoms in total. The molecule has 1 heterocycles. The van der Waals surface area contributed by atoms with Gasteiger partial charge in [0.1, 0.15) is 36.6 Å². The molecular formula is C12H22O17P2. The minimum atomic E-state index is -5.53. The van der Waals surface area contributed by atoms with Crippen LogP contribution in [0.2, 0.25) is 0 Å². The van der Waals surface area contributed by atoms with Crippen LogP contribution in [0, 0.1) is 0 Å². The van der Waals surface area contributed by atoms with Gasteiger partial charge < -0.3 is 60.0 Å². The summed E-state index contributed by atoms with van der Waals surface area (Å²) in [6.07, 6.45) is -19.7. The van der Waals surface area contributed by atoms with Crippen LogP contribution in [-0.2, 0) is 32.5 Å². The zero-order chi connectivity index (χ0) is 24.3. The van der Waals surface area contributed by atoms with E-state index in [1.165, 1.54) is 0 Å². The van der Waals surface area contributed by atoms with E-state index in [0.29, 0.717) is 0 Å². The lowest BCUT2D eigenvalue weighted by molar-refractivity contribution is -0.160. The van der Waals surface area contributed by atoms with Crippen LogP contribution >= 0.6 is 15.4 Å². The van der Waals surface area contributed by atoms with Gasteiger partial charge in [-0.1, -0.05) is 0 Å². The van der Waals surface area contributed by atoms with Crippen LogP contribution in [-0.4, -0.2) is 124 Å². The van der Waals surface area contributed by atoms with Crippen molar-refractivity contribution < 1.29 is 82.9 Å². The van der Waals surface area contributed by atoms with Gasteiger partial charge >= 0.3 is 21.4 Å².